The van der Waals surface area contributed by atoms with E-state index in [2.05, 4.69) is 9.71 Å². The largest absolute Gasteiger partial charge is 0.493 e. The molecule has 0 amide bonds. The third kappa shape index (κ3) is 4.49. The lowest BCUT2D eigenvalue weighted by atomic mass is 10.2. The number of methoxy groups -OCH3 is 1. The number of benzene rings is 2. The Morgan fingerprint density at radius 3 is 2.61 bits per heavy atom. The van der Waals surface area contributed by atoms with Crippen molar-refractivity contribution in [2.75, 3.05) is 11.8 Å². The van der Waals surface area contributed by atoms with Crippen LogP contribution in [0, 0.1) is 13.8 Å². The molecule has 2 heterocycles. The molecule has 0 atom stereocenters. The molecule has 0 unspecified atom stereocenters. The molecule has 0 bridgehead atoms. The van der Waals surface area contributed by atoms with Gasteiger partial charge in [-0.25, -0.2) is 13.4 Å². The van der Waals surface area contributed by atoms with Crippen LogP contribution >= 0.6 is 0 Å². The number of imidazole rings is 1. The molecule has 4 rings (SSSR count). The van der Waals surface area contributed by atoms with E-state index < -0.39 is 10.0 Å². The normalized spacial score (nSPS) is 11.5. The van der Waals surface area contributed by atoms with Crippen LogP contribution in [0.25, 0.3) is 5.65 Å². The fourth-order valence-corrected chi connectivity index (χ4v) is 4.65. The monoisotopic (exact) mass is 437 g/mol. The number of rotatable bonds is 7. The van der Waals surface area contributed by atoms with E-state index in [0.29, 0.717) is 22.7 Å². The number of nitrogens with one attached hydrogen (secondary N) is 1. The smallest absolute Gasteiger partial charge is 0.262 e. The van der Waals surface area contributed by atoms with E-state index in [1.165, 1.54) is 7.11 Å². The molecule has 0 aliphatic carbocycles. The lowest BCUT2D eigenvalue weighted by molar-refractivity contribution is 0.281. The predicted octanol–water partition coefficient (Wildman–Crippen LogP) is 4.34. The average Bonchev–Trinajstić information content (AvgIpc) is 3.15. The standard InChI is InChI=1S/C23H23N3O4S/c1-16-7-10-22(17(2)12-16)31(27,28)25-18-8-9-20(29-3)21(13-18)30-15-19-14-26-11-5-4-6-23(26)24-19/h4-14,25H,15H2,1-3H3. The summed E-state index contributed by atoms with van der Waals surface area (Å²) in [6.45, 7) is 3.91. The third-order valence-corrected chi connectivity index (χ3v) is 6.37. The molecule has 31 heavy (non-hydrogen) atoms. The van der Waals surface area contributed by atoms with E-state index in [1.54, 1.807) is 37.3 Å². The molecule has 2 aromatic heterocycles. The summed E-state index contributed by atoms with van der Waals surface area (Å²) in [5, 5.41) is 0. The Hall–Kier alpha value is -3.52. The van der Waals surface area contributed by atoms with Crippen molar-refractivity contribution in [2.45, 2.75) is 25.3 Å². The van der Waals surface area contributed by atoms with Crippen molar-refractivity contribution < 1.29 is 17.9 Å². The molecule has 7 nitrogen and oxygen atoms in total. The number of sulfonamides is 1. The minimum Gasteiger partial charge on any atom is -0.493 e. The van der Waals surface area contributed by atoms with Crippen LogP contribution in [0.5, 0.6) is 11.5 Å². The molecule has 0 spiro atoms. The molecule has 0 fully saturated rings. The van der Waals surface area contributed by atoms with Gasteiger partial charge in [-0.15, -0.1) is 0 Å². The van der Waals surface area contributed by atoms with Crippen LogP contribution in [0.1, 0.15) is 16.8 Å². The predicted molar refractivity (Wildman–Crippen MR) is 119 cm³/mol. The zero-order valence-electron chi connectivity index (χ0n) is 17.5. The highest BCUT2D eigenvalue weighted by molar-refractivity contribution is 7.92. The first-order valence-electron chi connectivity index (χ1n) is 9.69. The number of fused-ring (bicyclic) bond motifs is 1. The molecule has 8 heteroatoms. The van der Waals surface area contributed by atoms with Gasteiger partial charge in [0.2, 0.25) is 0 Å². The highest BCUT2D eigenvalue weighted by Crippen LogP contribution is 2.32. The summed E-state index contributed by atoms with van der Waals surface area (Å²) in [6.07, 6.45) is 3.80. The highest BCUT2D eigenvalue weighted by Gasteiger charge is 2.18. The fourth-order valence-electron chi connectivity index (χ4n) is 3.37. The van der Waals surface area contributed by atoms with E-state index in [0.717, 1.165) is 16.9 Å². The van der Waals surface area contributed by atoms with E-state index in [1.807, 2.05) is 48.0 Å². The lowest BCUT2D eigenvalue weighted by Crippen LogP contribution is -2.14. The van der Waals surface area contributed by atoms with Gasteiger partial charge in [0, 0.05) is 18.5 Å². The highest BCUT2D eigenvalue weighted by atomic mass is 32.2. The maximum Gasteiger partial charge on any atom is 0.262 e. The van der Waals surface area contributed by atoms with Crippen LogP contribution in [0.3, 0.4) is 0 Å². The average molecular weight is 438 g/mol. The van der Waals surface area contributed by atoms with Crippen molar-refractivity contribution in [1.82, 2.24) is 9.38 Å². The van der Waals surface area contributed by atoms with Crippen LogP contribution in [0.4, 0.5) is 5.69 Å². The van der Waals surface area contributed by atoms with Crippen molar-refractivity contribution in [3.05, 3.63) is 83.8 Å². The molecule has 4 aromatic rings. The number of anilines is 1. The first kappa shape index (κ1) is 20.7. The Morgan fingerprint density at radius 1 is 1.03 bits per heavy atom. The number of aromatic nitrogens is 2. The summed E-state index contributed by atoms with van der Waals surface area (Å²) in [5.41, 5.74) is 3.64. The number of hydrogen-bond donors (Lipinski definition) is 1. The molecule has 2 aromatic carbocycles. The molecular formula is C23H23N3O4S. The summed E-state index contributed by atoms with van der Waals surface area (Å²) < 4.78 is 41.6. The summed E-state index contributed by atoms with van der Waals surface area (Å²) in [5.74, 6) is 0.915. The molecule has 0 aliphatic rings. The molecule has 0 saturated carbocycles. The zero-order chi connectivity index (χ0) is 22.0. The van der Waals surface area contributed by atoms with Gasteiger partial charge in [-0.05, 0) is 49.7 Å². The minimum atomic E-state index is -3.74. The molecule has 160 valence electrons. The van der Waals surface area contributed by atoms with Gasteiger partial charge < -0.3 is 13.9 Å². The van der Waals surface area contributed by atoms with Crippen LogP contribution in [0.2, 0.25) is 0 Å². The second kappa shape index (κ2) is 8.31. The van der Waals surface area contributed by atoms with Crippen molar-refractivity contribution in [1.29, 1.82) is 0 Å². The van der Waals surface area contributed by atoms with E-state index in [4.69, 9.17) is 9.47 Å². The summed E-state index contributed by atoms with van der Waals surface area (Å²) in [7, 11) is -2.21. The van der Waals surface area contributed by atoms with Crippen LogP contribution < -0.4 is 14.2 Å². The molecule has 0 saturated heterocycles. The molecule has 0 radical (unpaired) electrons. The van der Waals surface area contributed by atoms with E-state index in [-0.39, 0.29) is 11.5 Å². The summed E-state index contributed by atoms with van der Waals surface area (Å²) in [6, 6.07) is 15.9. The maximum absolute atomic E-state index is 12.9. The second-order valence-electron chi connectivity index (χ2n) is 7.23. The number of ether oxygens (including phenoxy) is 2. The molecule has 1 N–H and O–H groups in total. The lowest BCUT2D eigenvalue weighted by Gasteiger charge is -2.14. The summed E-state index contributed by atoms with van der Waals surface area (Å²) in [4.78, 5) is 4.74. The molecule has 0 aliphatic heterocycles. The maximum atomic E-state index is 12.9. The second-order valence-corrected chi connectivity index (χ2v) is 8.88. The van der Waals surface area contributed by atoms with Crippen molar-refractivity contribution in [3.8, 4) is 11.5 Å². The van der Waals surface area contributed by atoms with Crippen molar-refractivity contribution in [2.24, 2.45) is 0 Å². The van der Waals surface area contributed by atoms with Crippen LogP contribution in [-0.4, -0.2) is 24.9 Å². The Balaban J connectivity index is 1.56. The summed E-state index contributed by atoms with van der Waals surface area (Å²) >= 11 is 0. The van der Waals surface area contributed by atoms with E-state index >= 15 is 0 Å². The number of aryl methyl sites for hydroxylation is 2. The van der Waals surface area contributed by atoms with Gasteiger partial charge in [-0.3, -0.25) is 4.72 Å². The van der Waals surface area contributed by atoms with Crippen molar-refractivity contribution >= 4 is 21.4 Å². The number of hydrogen-bond acceptors (Lipinski definition) is 5. The van der Waals surface area contributed by atoms with Crippen molar-refractivity contribution in [3.63, 3.8) is 0 Å². The van der Waals surface area contributed by atoms with E-state index in [9.17, 15) is 8.42 Å². The Bertz CT molecular complexity index is 1310. The van der Waals surface area contributed by atoms with Gasteiger partial charge in [0.1, 0.15) is 12.3 Å². The van der Waals surface area contributed by atoms with Crippen LogP contribution in [-0.2, 0) is 16.6 Å². The van der Waals surface area contributed by atoms with Gasteiger partial charge in [0.15, 0.2) is 11.5 Å². The number of nitrogens with zero attached hydrogens (tertiary/aromatic N) is 2. The van der Waals surface area contributed by atoms with Gasteiger partial charge in [0.05, 0.1) is 23.4 Å². The quantitative estimate of drug-likeness (QED) is 0.465. The van der Waals surface area contributed by atoms with Gasteiger partial charge in [0.25, 0.3) is 10.0 Å². The first-order valence-corrected chi connectivity index (χ1v) is 11.2. The Labute approximate surface area is 181 Å². The third-order valence-electron chi connectivity index (χ3n) is 4.83. The Morgan fingerprint density at radius 2 is 1.87 bits per heavy atom. The first-order chi connectivity index (χ1) is 14.9. The fraction of sp³-hybridized carbons (Fsp3) is 0.174. The topological polar surface area (TPSA) is 81.9 Å². The SMILES string of the molecule is COc1ccc(NS(=O)(=O)c2ccc(C)cc2C)cc1OCc1cn2ccccc2n1. The number of pyridine rings is 1. The zero-order valence-corrected chi connectivity index (χ0v) is 18.3. The Kier molecular flexibility index (Phi) is 5.56. The van der Waals surface area contributed by atoms with Gasteiger partial charge >= 0.3 is 0 Å². The minimum absolute atomic E-state index is 0.214. The van der Waals surface area contributed by atoms with Gasteiger partial charge in [-0.2, -0.15) is 0 Å². The molecular weight excluding hydrogens is 414 g/mol. The van der Waals surface area contributed by atoms with Crippen LogP contribution in [0.15, 0.2) is 71.9 Å². The van der Waals surface area contributed by atoms with Gasteiger partial charge in [-0.1, -0.05) is 23.8 Å².